The van der Waals surface area contributed by atoms with Gasteiger partial charge in [0.1, 0.15) is 5.82 Å². The number of nitrogens with zero attached hydrogens (tertiary/aromatic N) is 1. The number of hydrogen-bond acceptors (Lipinski definition) is 4. The molecule has 0 amide bonds. The number of rotatable bonds is 2. The van der Waals surface area contributed by atoms with Crippen LogP contribution in [0.2, 0.25) is 0 Å². The van der Waals surface area contributed by atoms with Gasteiger partial charge in [-0.15, -0.1) is 0 Å². The summed E-state index contributed by atoms with van der Waals surface area (Å²) in [7, 11) is 1.38. The first-order chi connectivity index (χ1) is 7.67. The van der Waals surface area contributed by atoms with E-state index in [1.807, 2.05) is 0 Å². The van der Waals surface area contributed by atoms with Gasteiger partial charge < -0.3 is 9.47 Å². The summed E-state index contributed by atoms with van der Waals surface area (Å²) in [5.41, 5.74) is 0.204. The van der Waals surface area contributed by atoms with Crippen LogP contribution in [0.25, 0.3) is 0 Å². The fourth-order valence-electron chi connectivity index (χ4n) is 0.964. The van der Waals surface area contributed by atoms with Gasteiger partial charge in [0.25, 0.3) is 0 Å². The zero-order valence-corrected chi connectivity index (χ0v) is 8.91. The zero-order chi connectivity index (χ0) is 12.0. The molecule has 0 aliphatic carbocycles. The van der Waals surface area contributed by atoms with E-state index in [1.54, 1.807) is 6.92 Å². The number of aromatic nitrogens is 1. The van der Waals surface area contributed by atoms with E-state index in [1.165, 1.54) is 7.11 Å². The molecule has 0 N–H and O–H groups in total. The van der Waals surface area contributed by atoms with Gasteiger partial charge in [0.05, 0.1) is 25.5 Å². The molecule has 0 radical (unpaired) electrons. The van der Waals surface area contributed by atoms with Crippen molar-refractivity contribution in [3.05, 3.63) is 23.6 Å². The second-order valence-corrected chi connectivity index (χ2v) is 2.68. The van der Waals surface area contributed by atoms with Gasteiger partial charge in [0.15, 0.2) is 0 Å². The molecule has 0 fully saturated rings. The third kappa shape index (κ3) is 3.24. The average Bonchev–Trinajstić information content (AvgIpc) is 2.27. The summed E-state index contributed by atoms with van der Waals surface area (Å²) in [5, 5.41) is 0. The molecule has 0 saturated carbocycles. The first-order valence-corrected chi connectivity index (χ1v) is 4.55. The van der Waals surface area contributed by atoms with Crippen LogP contribution >= 0.6 is 0 Å². The SMILES string of the molecule is CCOC(=O)C#Cc1cc(F)cnc1OC. The number of ether oxygens (including phenoxy) is 2. The first-order valence-electron chi connectivity index (χ1n) is 4.55. The van der Waals surface area contributed by atoms with E-state index in [9.17, 15) is 9.18 Å². The second kappa shape index (κ2) is 5.71. The lowest BCUT2D eigenvalue weighted by atomic mass is 10.2. The number of carbonyl (C=O) groups is 1. The number of hydrogen-bond donors (Lipinski definition) is 0. The molecule has 0 bridgehead atoms. The van der Waals surface area contributed by atoms with E-state index in [0.29, 0.717) is 0 Å². The van der Waals surface area contributed by atoms with Gasteiger partial charge in [-0.1, -0.05) is 0 Å². The molecule has 0 aliphatic heterocycles. The van der Waals surface area contributed by atoms with Crippen LogP contribution in [0, 0.1) is 17.7 Å². The molecular weight excluding hydrogens is 213 g/mol. The molecule has 0 spiro atoms. The summed E-state index contributed by atoms with van der Waals surface area (Å²) in [6, 6.07) is 1.14. The molecule has 0 unspecified atom stereocenters. The van der Waals surface area contributed by atoms with E-state index in [2.05, 4.69) is 21.6 Å². The van der Waals surface area contributed by atoms with Crippen molar-refractivity contribution in [3.63, 3.8) is 0 Å². The second-order valence-electron chi connectivity index (χ2n) is 2.68. The quantitative estimate of drug-likeness (QED) is 0.557. The number of carbonyl (C=O) groups excluding carboxylic acids is 1. The summed E-state index contributed by atoms with van der Waals surface area (Å²) in [4.78, 5) is 14.6. The smallest absolute Gasteiger partial charge is 0.384 e. The topological polar surface area (TPSA) is 48.4 Å². The Balaban J connectivity index is 2.94. The Morgan fingerprint density at radius 2 is 2.38 bits per heavy atom. The Kier molecular flexibility index (Phi) is 4.28. The Labute approximate surface area is 92.4 Å². The van der Waals surface area contributed by atoms with Gasteiger partial charge in [-0.2, -0.15) is 0 Å². The molecule has 4 nitrogen and oxygen atoms in total. The Hall–Kier alpha value is -2.09. The largest absolute Gasteiger partial charge is 0.480 e. The van der Waals surface area contributed by atoms with Crippen molar-refractivity contribution in [2.45, 2.75) is 6.92 Å². The van der Waals surface area contributed by atoms with Crippen molar-refractivity contribution in [2.24, 2.45) is 0 Å². The van der Waals surface area contributed by atoms with E-state index in [0.717, 1.165) is 12.3 Å². The zero-order valence-electron chi connectivity index (χ0n) is 8.91. The van der Waals surface area contributed by atoms with E-state index in [-0.39, 0.29) is 18.1 Å². The maximum Gasteiger partial charge on any atom is 0.384 e. The third-order valence-corrected chi connectivity index (χ3v) is 1.59. The summed E-state index contributed by atoms with van der Waals surface area (Å²) < 4.78 is 22.3. The minimum atomic E-state index is -0.672. The molecular formula is C11H10FNO3. The molecule has 1 heterocycles. The Bertz CT molecular complexity index is 448. The van der Waals surface area contributed by atoms with Gasteiger partial charge in [0.2, 0.25) is 5.88 Å². The fraction of sp³-hybridized carbons (Fsp3) is 0.273. The standard InChI is InChI=1S/C11H10FNO3/c1-3-16-10(14)5-4-8-6-9(12)7-13-11(8)15-2/h6-7H,3H2,1-2H3. The highest BCUT2D eigenvalue weighted by atomic mass is 19.1. The molecule has 1 aromatic rings. The highest BCUT2D eigenvalue weighted by Gasteiger charge is 2.03. The van der Waals surface area contributed by atoms with Gasteiger partial charge in [0, 0.05) is 5.92 Å². The summed E-state index contributed by atoms with van der Waals surface area (Å²) in [5.74, 6) is 3.59. The van der Waals surface area contributed by atoms with E-state index < -0.39 is 11.8 Å². The van der Waals surface area contributed by atoms with Gasteiger partial charge in [-0.05, 0) is 18.9 Å². The summed E-state index contributed by atoms with van der Waals surface area (Å²) in [6.45, 7) is 1.91. The monoisotopic (exact) mass is 223 g/mol. The highest BCUT2D eigenvalue weighted by Crippen LogP contribution is 2.13. The van der Waals surface area contributed by atoms with Gasteiger partial charge >= 0.3 is 5.97 Å². The predicted octanol–water partition coefficient (Wildman–Crippen LogP) is 1.14. The summed E-state index contributed by atoms with van der Waals surface area (Å²) >= 11 is 0. The van der Waals surface area contributed by atoms with Crippen molar-refractivity contribution in [1.29, 1.82) is 0 Å². The van der Waals surface area contributed by atoms with E-state index in [4.69, 9.17) is 4.74 Å². The first kappa shape index (κ1) is 12.0. The van der Waals surface area contributed by atoms with Crippen LogP contribution < -0.4 is 4.74 Å². The normalized spacial score (nSPS) is 8.94. The van der Waals surface area contributed by atoms with Crippen LogP contribution in [0.3, 0.4) is 0 Å². The molecule has 0 saturated heterocycles. The molecule has 0 aliphatic rings. The lowest BCUT2D eigenvalue weighted by Gasteiger charge is -2.00. The van der Waals surface area contributed by atoms with Crippen LogP contribution in [-0.4, -0.2) is 24.7 Å². The molecule has 0 aromatic carbocycles. The Morgan fingerprint density at radius 3 is 3.00 bits per heavy atom. The van der Waals surface area contributed by atoms with Crippen molar-refractivity contribution in [1.82, 2.24) is 4.98 Å². The van der Waals surface area contributed by atoms with Gasteiger partial charge in [-0.25, -0.2) is 14.2 Å². The molecule has 16 heavy (non-hydrogen) atoms. The molecule has 0 atom stereocenters. The predicted molar refractivity (Wildman–Crippen MR) is 54.3 cm³/mol. The van der Waals surface area contributed by atoms with Crippen LogP contribution in [0.5, 0.6) is 5.88 Å². The van der Waals surface area contributed by atoms with Crippen LogP contribution in [-0.2, 0) is 9.53 Å². The average molecular weight is 223 g/mol. The van der Waals surface area contributed by atoms with Crippen LogP contribution in [0.15, 0.2) is 12.3 Å². The highest BCUT2D eigenvalue weighted by molar-refractivity contribution is 5.89. The van der Waals surface area contributed by atoms with Crippen LogP contribution in [0.1, 0.15) is 12.5 Å². The van der Waals surface area contributed by atoms with E-state index >= 15 is 0 Å². The summed E-state index contributed by atoms with van der Waals surface area (Å²) in [6.07, 6.45) is 1.01. The van der Waals surface area contributed by atoms with Crippen molar-refractivity contribution in [2.75, 3.05) is 13.7 Å². The molecule has 5 heteroatoms. The Morgan fingerprint density at radius 1 is 1.62 bits per heavy atom. The number of pyridine rings is 1. The minimum absolute atomic E-state index is 0.165. The van der Waals surface area contributed by atoms with Crippen molar-refractivity contribution >= 4 is 5.97 Å². The molecule has 1 rings (SSSR count). The maximum absolute atomic E-state index is 12.9. The number of methoxy groups -OCH3 is 1. The lowest BCUT2D eigenvalue weighted by molar-refractivity contribution is -0.136. The molecule has 1 aromatic heterocycles. The van der Waals surface area contributed by atoms with Crippen molar-refractivity contribution in [3.8, 4) is 17.7 Å². The van der Waals surface area contributed by atoms with Crippen molar-refractivity contribution < 1.29 is 18.7 Å². The van der Waals surface area contributed by atoms with Crippen LogP contribution in [0.4, 0.5) is 4.39 Å². The lowest BCUT2D eigenvalue weighted by Crippen LogP contribution is -2.00. The third-order valence-electron chi connectivity index (χ3n) is 1.59. The number of halogens is 1. The minimum Gasteiger partial charge on any atom is -0.480 e. The van der Waals surface area contributed by atoms with Gasteiger partial charge in [-0.3, -0.25) is 0 Å². The number of esters is 1. The molecule has 84 valence electrons. The maximum atomic E-state index is 12.9. The fourth-order valence-corrected chi connectivity index (χ4v) is 0.964.